The van der Waals surface area contributed by atoms with Gasteiger partial charge in [0.25, 0.3) is 0 Å². The molecule has 0 saturated carbocycles. The monoisotopic (exact) mass is 284 g/mol. The Labute approximate surface area is 125 Å². The molecule has 0 amide bonds. The Bertz CT molecular complexity index is 620. The molecule has 0 aliphatic carbocycles. The molecular formula is C18H20O3. The van der Waals surface area contributed by atoms with Crippen molar-refractivity contribution in [2.24, 2.45) is 0 Å². The zero-order chi connectivity index (χ0) is 14.7. The minimum atomic E-state index is -0.475. The molecule has 3 nitrogen and oxygen atoms in total. The van der Waals surface area contributed by atoms with Crippen LogP contribution in [0, 0.1) is 0 Å². The van der Waals surface area contributed by atoms with Gasteiger partial charge in [-0.05, 0) is 47.7 Å². The third-order valence-electron chi connectivity index (χ3n) is 3.79. The molecule has 3 rings (SSSR count). The third kappa shape index (κ3) is 3.43. The van der Waals surface area contributed by atoms with Crippen molar-refractivity contribution < 1.29 is 14.6 Å². The van der Waals surface area contributed by atoms with Gasteiger partial charge in [0.15, 0.2) is 0 Å². The predicted octanol–water partition coefficient (Wildman–Crippen LogP) is 3.39. The number of aliphatic hydroxyl groups is 1. The van der Waals surface area contributed by atoms with Crippen LogP contribution in [0.2, 0.25) is 0 Å². The van der Waals surface area contributed by atoms with Crippen molar-refractivity contribution in [1.82, 2.24) is 0 Å². The van der Waals surface area contributed by atoms with Crippen molar-refractivity contribution in [2.45, 2.75) is 32.7 Å². The third-order valence-corrected chi connectivity index (χ3v) is 3.79. The Morgan fingerprint density at radius 3 is 2.95 bits per heavy atom. The molecule has 1 aliphatic heterocycles. The maximum Gasteiger partial charge on any atom is 0.120 e. The molecule has 110 valence electrons. The summed E-state index contributed by atoms with van der Waals surface area (Å²) in [6, 6.07) is 14.0. The average Bonchev–Trinajstić information content (AvgIpc) is 2.53. The fourth-order valence-electron chi connectivity index (χ4n) is 2.54. The van der Waals surface area contributed by atoms with Crippen molar-refractivity contribution in [3.05, 3.63) is 64.7 Å². The van der Waals surface area contributed by atoms with E-state index in [2.05, 4.69) is 18.2 Å². The number of hydrogen-bond acceptors (Lipinski definition) is 3. The molecule has 3 heteroatoms. The Balaban J connectivity index is 1.68. The highest BCUT2D eigenvalue weighted by atomic mass is 16.5. The fraction of sp³-hybridized carbons (Fsp3) is 0.333. The lowest BCUT2D eigenvalue weighted by molar-refractivity contribution is 0.110. The Morgan fingerprint density at radius 1 is 1.19 bits per heavy atom. The second-order valence-corrected chi connectivity index (χ2v) is 5.44. The van der Waals surface area contributed by atoms with Crippen molar-refractivity contribution in [3.8, 4) is 5.75 Å². The fourth-order valence-corrected chi connectivity index (χ4v) is 2.54. The van der Waals surface area contributed by atoms with Crippen LogP contribution in [-0.2, 0) is 24.4 Å². The molecule has 21 heavy (non-hydrogen) atoms. The van der Waals surface area contributed by atoms with E-state index in [0.29, 0.717) is 13.2 Å². The first kappa shape index (κ1) is 14.1. The van der Waals surface area contributed by atoms with Gasteiger partial charge in [-0.3, -0.25) is 0 Å². The largest absolute Gasteiger partial charge is 0.489 e. The number of rotatable bonds is 4. The number of hydrogen-bond donors (Lipinski definition) is 1. The highest BCUT2D eigenvalue weighted by Gasteiger charge is 2.10. The summed E-state index contributed by atoms with van der Waals surface area (Å²) in [5.74, 6) is 0.787. The zero-order valence-corrected chi connectivity index (χ0v) is 12.2. The van der Waals surface area contributed by atoms with Gasteiger partial charge in [-0.2, -0.15) is 0 Å². The van der Waals surface area contributed by atoms with Crippen LogP contribution in [0.15, 0.2) is 42.5 Å². The van der Waals surface area contributed by atoms with E-state index in [9.17, 15) is 5.11 Å². The SMILES string of the molecule is CC(O)c1cccc(OCc2ccc3c(c2)CCOC3)c1. The molecule has 1 N–H and O–H groups in total. The summed E-state index contributed by atoms with van der Waals surface area (Å²) in [5.41, 5.74) is 4.68. The van der Waals surface area contributed by atoms with Crippen LogP contribution in [0.25, 0.3) is 0 Å². The molecule has 1 unspecified atom stereocenters. The van der Waals surface area contributed by atoms with E-state index in [1.54, 1.807) is 6.92 Å². The number of aliphatic hydroxyl groups excluding tert-OH is 1. The molecule has 0 bridgehead atoms. The summed E-state index contributed by atoms with van der Waals surface area (Å²) in [6.45, 7) is 3.81. The molecule has 1 aliphatic rings. The van der Waals surface area contributed by atoms with Gasteiger partial charge >= 0.3 is 0 Å². The number of benzene rings is 2. The zero-order valence-electron chi connectivity index (χ0n) is 12.2. The Kier molecular flexibility index (Phi) is 4.23. The lowest BCUT2D eigenvalue weighted by atomic mass is 10.0. The molecule has 1 atom stereocenters. The minimum Gasteiger partial charge on any atom is -0.489 e. The summed E-state index contributed by atoms with van der Waals surface area (Å²) >= 11 is 0. The van der Waals surface area contributed by atoms with Crippen LogP contribution in [0.4, 0.5) is 0 Å². The lowest BCUT2D eigenvalue weighted by Crippen LogP contribution is -2.10. The maximum atomic E-state index is 9.60. The Hall–Kier alpha value is -1.84. The Morgan fingerprint density at radius 2 is 2.10 bits per heavy atom. The molecule has 0 radical (unpaired) electrons. The molecule has 0 aromatic heterocycles. The van der Waals surface area contributed by atoms with Crippen LogP contribution in [0.1, 0.15) is 35.3 Å². The number of fused-ring (bicyclic) bond motifs is 1. The van der Waals surface area contributed by atoms with E-state index in [1.807, 2.05) is 24.3 Å². The predicted molar refractivity (Wildman–Crippen MR) is 81.2 cm³/mol. The second-order valence-electron chi connectivity index (χ2n) is 5.44. The summed E-state index contributed by atoms with van der Waals surface area (Å²) in [7, 11) is 0. The van der Waals surface area contributed by atoms with Crippen LogP contribution >= 0.6 is 0 Å². The summed E-state index contributed by atoms with van der Waals surface area (Å²) in [4.78, 5) is 0. The van der Waals surface area contributed by atoms with E-state index in [4.69, 9.17) is 9.47 Å². The summed E-state index contributed by atoms with van der Waals surface area (Å²) in [6.07, 6.45) is 0.498. The normalized spacial score (nSPS) is 15.3. The number of ether oxygens (including phenoxy) is 2. The standard InChI is InChI=1S/C18H20O3/c1-13(19)15-3-2-4-18(10-15)21-11-14-5-6-17-12-20-8-7-16(17)9-14/h2-6,9-10,13,19H,7-8,11-12H2,1H3. The second kappa shape index (κ2) is 6.29. The first-order valence-electron chi connectivity index (χ1n) is 7.31. The van der Waals surface area contributed by atoms with E-state index in [1.165, 1.54) is 11.1 Å². The van der Waals surface area contributed by atoms with Crippen LogP contribution in [0.5, 0.6) is 5.75 Å². The first-order chi connectivity index (χ1) is 10.2. The van der Waals surface area contributed by atoms with Gasteiger partial charge in [0.05, 0.1) is 19.3 Å². The van der Waals surface area contributed by atoms with Gasteiger partial charge in [-0.1, -0.05) is 30.3 Å². The summed E-state index contributed by atoms with van der Waals surface area (Å²) < 4.78 is 11.3. The van der Waals surface area contributed by atoms with Crippen LogP contribution in [0.3, 0.4) is 0 Å². The molecule has 2 aromatic rings. The van der Waals surface area contributed by atoms with Gasteiger partial charge in [0.2, 0.25) is 0 Å². The summed E-state index contributed by atoms with van der Waals surface area (Å²) in [5, 5.41) is 9.60. The smallest absolute Gasteiger partial charge is 0.120 e. The minimum absolute atomic E-state index is 0.475. The van der Waals surface area contributed by atoms with E-state index < -0.39 is 6.10 Å². The molecule has 0 spiro atoms. The van der Waals surface area contributed by atoms with Crippen molar-refractivity contribution in [2.75, 3.05) is 6.61 Å². The highest BCUT2D eigenvalue weighted by Crippen LogP contribution is 2.22. The lowest BCUT2D eigenvalue weighted by Gasteiger charge is -2.17. The van der Waals surface area contributed by atoms with E-state index in [-0.39, 0.29) is 0 Å². The molecule has 2 aromatic carbocycles. The van der Waals surface area contributed by atoms with Gasteiger partial charge in [0.1, 0.15) is 12.4 Å². The molecular weight excluding hydrogens is 264 g/mol. The van der Waals surface area contributed by atoms with Gasteiger partial charge in [-0.25, -0.2) is 0 Å². The van der Waals surface area contributed by atoms with E-state index in [0.717, 1.165) is 29.9 Å². The molecule has 0 saturated heterocycles. The van der Waals surface area contributed by atoms with Crippen molar-refractivity contribution in [3.63, 3.8) is 0 Å². The maximum absolute atomic E-state index is 9.60. The quantitative estimate of drug-likeness (QED) is 0.935. The average molecular weight is 284 g/mol. The topological polar surface area (TPSA) is 38.7 Å². The van der Waals surface area contributed by atoms with Crippen LogP contribution < -0.4 is 4.74 Å². The van der Waals surface area contributed by atoms with Crippen molar-refractivity contribution >= 4 is 0 Å². The van der Waals surface area contributed by atoms with Crippen LogP contribution in [-0.4, -0.2) is 11.7 Å². The van der Waals surface area contributed by atoms with Gasteiger partial charge in [-0.15, -0.1) is 0 Å². The first-order valence-corrected chi connectivity index (χ1v) is 7.31. The molecule has 0 fully saturated rings. The van der Waals surface area contributed by atoms with Crippen molar-refractivity contribution in [1.29, 1.82) is 0 Å². The van der Waals surface area contributed by atoms with Gasteiger partial charge in [0, 0.05) is 0 Å². The van der Waals surface area contributed by atoms with Gasteiger partial charge < -0.3 is 14.6 Å². The highest BCUT2D eigenvalue weighted by molar-refractivity contribution is 5.34. The van der Waals surface area contributed by atoms with E-state index >= 15 is 0 Å². The molecule has 1 heterocycles.